The quantitative estimate of drug-likeness (QED) is 0.728. The van der Waals surface area contributed by atoms with Gasteiger partial charge >= 0.3 is 0 Å². The lowest BCUT2D eigenvalue weighted by atomic mass is 10.1. The molecule has 2 aromatic carbocycles. The molecule has 0 spiro atoms. The molecule has 0 aliphatic carbocycles. The molecule has 3 aromatic rings. The highest BCUT2D eigenvalue weighted by Gasteiger charge is 2.11. The van der Waals surface area contributed by atoms with Gasteiger partial charge in [-0.15, -0.1) is 0 Å². The Bertz CT molecular complexity index is 902. The van der Waals surface area contributed by atoms with E-state index in [4.69, 9.17) is 0 Å². The second kappa shape index (κ2) is 8.45. The number of nitrogens with zero attached hydrogens (tertiary/aromatic N) is 3. The Kier molecular flexibility index (Phi) is 5.81. The molecule has 0 aliphatic rings. The maximum absolute atomic E-state index is 12.4. The molecule has 0 aliphatic heterocycles. The molecule has 1 aromatic heterocycles. The van der Waals surface area contributed by atoms with Gasteiger partial charge in [-0.1, -0.05) is 43.3 Å². The third kappa shape index (κ3) is 4.50. The highest BCUT2D eigenvalue weighted by molar-refractivity contribution is 5.94. The van der Waals surface area contributed by atoms with E-state index in [-0.39, 0.29) is 5.91 Å². The summed E-state index contributed by atoms with van der Waals surface area (Å²) in [5, 5.41) is 2.97. The fourth-order valence-electron chi connectivity index (χ4n) is 2.82. The molecule has 0 radical (unpaired) electrons. The van der Waals surface area contributed by atoms with Crippen LogP contribution in [0.15, 0.2) is 60.9 Å². The predicted molar refractivity (Wildman–Crippen MR) is 109 cm³/mol. The molecule has 1 heterocycles. The minimum absolute atomic E-state index is 0.0897. The summed E-state index contributed by atoms with van der Waals surface area (Å²) >= 11 is 0. The molecule has 0 bridgehead atoms. The van der Waals surface area contributed by atoms with Crippen molar-refractivity contribution in [2.24, 2.45) is 0 Å². The normalized spacial score (nSPS) is 10.5. The summed E-state index contributed by atoms with van der Waals surface area (Å²) < 4.78 is 0. The number of carbonyl (C=O) groups excluding carboxylic acids is 1. The van der Waals surface area contributed by atoms with Gasteiger partial charge in [-0.25, -0.2) is 4.98 Å². The first kappa shape index (κ1) is 18.6. The first-order valence-corrected chi connectivity index (χ1v) is 9.03. The van der Waals surface area contributed by atoms with Crippen LogP contribution in [0.3, 0.4) is 0 Å². The number of rotatable bonds is 6. The van der Waals surface area contributed by atoms with Crippen LogP contribution >= 0.6 is 0 Å². The van der Waals surface area contributed by atoms with Gasteiger partial charge in [0, 0.05) is 44.2 Å². The Morgan fingerprint density at radius 1 is 0.926 bits per heavy atom. The molecule has 1 N–H and O–H groups in total. The highest BCUT2D eigenvalue weighted by Crippen LogP contribution is 2.25. The summed E-state index contributed by atoms with van der Waals surface area (Å²) in [6.45, 7) is 2.64. The first-order chi connectivity index (χ1) is 13.1. The van der Waals surface area contributed by atoms with Crippen LogP contribution in [0.4, 0.5) is 5.82 Å². The Morgan fingerprint density at radius 3 is 2.19 bits per heavy atom. The van der Waals surface area contributed by atoms with E-state index < -0.39 is 0 Å². The van der Waals surface area contributed by atoms with Crippen molar-refractivity contribution in [2.75, 3.05) is 19.0 Å². The molecule has 0 saturated carbocycles. The number of aryl methyl sites for hydroxylation is 1. The van der Waals surface area contributed by atoms with E-state index in [1.54, 1.807) is 12.4 Å². The summed E-state index contributed by atoms with van der Waals surface area (Å²) in [6.07, 6.45) is 4.36. The molecular formula is C22H24N4O. The smallest absolute Gasteiger partial charge is 0.251 e. The number of aromatic nitrogens is 2. The van der Waals surface area contributed by atoms with Crippen molar-refractivity contribution in [1.82, 2.24) is 15.3 Å². The molecule has 0 saturated heterocycles. The Morgan fingerprint density at radius 2 is 1.56 bits per heavy atom. The van der Waals surface area contributed by atoms with E-state index in [1.807, 2.05) is 43.3 Å². The van der Waals surface area contributed by atoms with Crippen LogP contribution in [0.1, 0.15) is 28.4 Å². The topological polar surface area (TPSA) is 58.1 Å². The maximum atomic E-state index is 12.4. The summed E-state index contributed by atoms with van der Waals surface area (Å²) in [4.78, 5) is 23.1. The van der Waals surface area contributed by atoms with Gasteiger partial charge in [0.05, 0.1) is 0 Å². The molecule has 5 heteroatoms. The maximum Gasteiger partial charge on any atom is 0.251 e. The van der Waals surface area contributed by atoms with Crippen LogP contribution in [0.25, 0.3) is 11.3 Å². The lowest BCUT2D eigenvalue weighted by Crippen LogP contribution is -2.22. The highest BCUT2D eigenvalue weighted by atomic mass is 16.1. The van der Waals surface area contributed by atoms with E-state index in [0.29, 0.717) is 12.1 Å². The second-order valence-electron chi connectivity index (χ2n) is 6.55. The second-order valence-corrected chi connectivity index (χ2v) is 6.55. The Hall–Kier alpha value is -3.21. The first-order valence-electron chi connectivity index (χ1n) is 9.03. The van der Waals surface area contributed by atoms with E-state index in [1.165, 1.54) is 5.56 Å². The third-order valence-electron chi connectivity index (χ3n) is 4.41. The summed E-state index contributed by atoms with van der Waals surface area (Å²) in [5.74, 6) is 0.707. The average Bonchev–Trinajstić information content (AvgIpc) is 2.72. The van der Waals surface area contributed by atoms with Gasteiger partial charge < -0.3 is 10.2 Å². The van der Waals surface area contributed by atoms with E-state index in [2.05, 4.69) is 46.5 Å². The number of nitrogens with one attached hydrogen (secondary N) is 1. The third-order valence-corrected chi connectivity index (χ3v) is 4.41. The fraction of sp³-hybridized carbons (Fsp3) is 0.227. The zero-order valence-electron chi connectivity index (χ0n) is 15.9. The zero-order valence-corrected chi connectivity index (χ0v) is 15.9. The number of hydrogen-bond acceptors (Lipinski definition) is 4. The molecule has 138 valence electrons. The lowest BCUT2D eigenvalue weighted by molar-refractivity contribution is 0.0951. The van der Waals surface area contributed by atoms with Crippen LogP contribution < -0.4 is 10.2 Å². The summed E-state index contributed by atoms with van der Waals surface area (Å²) in [7, 11) is 3.87. The van der Waals surface area contributed by atoms with E-state index in [9.17, 15) is 4.79 Å². The van der Waals surface area contributed by atoms with Gasteiger partial charge in [-0.3, -0.25) is 9.78 Å². The summed E-state index contributed by atoms with van der Waals surface area (Å²) in [6, 6.07) is 15.7. The Balaban J connectivity index is 1.68. The van der Waals surface area contributed by atoms with Gasteiger partial charge in [-0.05, 0) is 29.7 Å². The number of hydrogen-bond donors (Lipinski definition) is 1. The van der Waals surface area contributed by atoms with E-state index in [0.717, 1.165) is 29.1 Å². The van der Waals surface area contributed by atoms with Crippen molar-refractivity contribution in [3.05, 3.63) is 77.6 Å². The van der Waals surface area contributed by atoms with Crippen molar-refractivity contribution in [3.8, 4) is 11.3 Å². The number of amides is 1. The zero-order chi connectivity index (χ0) is 19.2. The molecule has 1 amide bonds. The number of carbonyl (C=O) groups is 1. The fourth-order valence-corrected chi connectivity index (χ4v) is 2.82. The minimum atomic E-state index is -0.0897. The lowest BCUT2D eigenvalue weighted by Gasteiger charge is -2.15. The minimum Gasteiger partial charge on any atom is -0.361 e. The van der Waals surface area contributed by atoms with Crippen molar-refractivity contribution in [2.45, 2.75) is 19.9 Å². The average molecular weight is 360 g/mol. The van der Waals surface area contributed by atoms with Gasteiger partial charge in [0.1, 0.15) is 5.69 Å². The van der Waals surface area contributed by atoms with Crippen molar-refractivity contribution < 1.29 is 4.79 Å². The van der Waals surface area contributed by atoms with Crippen molar-refractivity contribution >= 4 is 11.7 Å². The van der Waals surface area contributed by atoms with Crippen LogP contribution in [0.2, 0.25) is 0 Å². The van der Waals surface area contributed by atoms with Gasteiger partial charge in [0.15, 0.2) is 5.82 Å². The molecule has 5 nitrogen and oxygen atoms in total. The summed E-state index contributed by atoms with van der Waals surface area (Å²) in [5.41, 5.74) is 4.73. The molecule has 0 unspecified atom stereocenters. The number of benzene rings is 2. The van der Waals surface area contributed by atoms with Crippen LogP contribution in [-0.4, -0.2) is 30.0 Å². The predicted octanol–water partition coefficient (Wildman–Crippen LogP) is 3.70. The molecular weight excluding hydrogens is 336 g/mol. The largest absolute Gasteiger partial charge is 0.361 e. The SMILES string of the molecule is CCc1ccc(CNC(=O)c2ccc(-c3nccnc3N(C)C)cc2)cc1. The Labute approximate surface area is 160 Å². The molecule has 0 fully saturated rings. The molecule has 27 heavy (non-hydrogen) atoms. The van der Waals surface area contributed by atoms with Crippen LogP contribution in [-0.2, 0) is 13.0 Å². The van der Waals surface area contributed by atoms with Crippen LogP contribution in [0.5, 0.6) is 0 Å². The monoisotopic (exact) mass is 360 g/mol. The standard InChI is InChI=1S/C22H24N4O/c1-4-16-5-7-17(8-6-16)15-25-22(27)19-11-9-18(10-12-19)20-21(26(2)3)24-14-13-23-20/h5-14H,4,15H2,1-3H3,(H,25,27). The molecule has 0 atom stereocenters. The van der Waals surface area contributed by atoms with Gasteiger partial charge in [0.2, 0.25) is 0 Å². The van der Waals surface area contributed by atoms with Crippen molar-refractivity contribution in [1.29, 1.82) is 0 Å². The van der Waals surface area contributed by atoms with Crippen LogP contribution in [0, 0.1) is 0 Å². The van der Waals surface area contributed by atoms with Crippen molar-refractivity contribution in [3.63, 3.8) is 0 Å². The molecule has 3 rings (SSSR count). The van der Waals surface area contributed by atoms with Gasteiger partial charge in [0.25, 0.3) is 5.91 Å². The van der Waals surface area contributed by atoms with Gasteiger partial charge in [-0.2, -0.15) is 0 Å². The number of anilines is 1. The van der Waals surface area contributed by atoms with E-state index >= 15 is 0 Å².